The number of ether oxygens (including phenoxy) is 1. The van der Waals surface area contributed by atoms with Crippen molar-refractivity contribution in [3.05, 3.63) is 11.1 Å². The van der Waals surface area contributed by atoms with Gasteiger partial charge in [-0.3, -0.25) is 0 Å². The smallest absolute Gasteiger partial charge is 0.164 e. The van der Waals surface area contributed by atoms with Crippen molar-refractivity contribution in [1.29, 1.82) is 0 Å². The average molecular weight is 268 g/mol. The number of aliphatic hydroxyl groups excluding tert-OH is 1. The Bertz CT molecular complexity index is 370. The molecule has 1 atom stereocenters. The second-order valence-electron chi connectivity index (χ2n) is 8.95. The van der Waals surface area contributed by atoms with Gasteiger partial charge in [0.2, 0.25) is 0 Å². The zero-order valence-electron chi connectivity index (χ0n) is 14.4. The van der Waals surface area contributed by atoms with E-state index in [9.17, 15) is 5.11 Å². The maximum atomic E-state index is 10.3. The molecule has 2 heteroatoms. The molecule has 0 aromatic heterocycles. The SMILES string of the molecule is CC(C)(C)C(=C1C(C)(C)OC(O)C1(C)C)C(C)(C)C. The Labute approximate surface area is 119 Å². The highest BCUT2D eigenvalue weighted by Crippen LogP contribution is 2.55. The molecule has 19 heavy (non-hydrogen) atoms. The summed E-state index contributed by atoms with van der Waals surface area (Å²) in [5.74, 6) is 0. The Morgan fingerprint density at radius 3 is 1.53 bits per heavy atom. The molecule has 0 aromatic carbocycles. The van der Waals surface area contributed by atoms with Crippen molar-refractivity contribution < 1.29 is 9.84 Å². The van der Waals surface area contributed by atoms with Gasteiger partial charge in [-0.05, 0) is 30.3 Å². The van der Waals surface area contributed by atoms with Crippen LogP contribution in [0.15, 0.2) is 11.1 Å². The molecule has 0 saturated carbocycles. The molecule has 1 unspecified atom stereocenters. The Hall–Kier alpha value is -0.340. The van der Waals surface area contributed by atoms with Crippen molar-refractivity contribution in [3.8, 4) is 0 Å². The molecule has 0 bridgehead atoms. The van der Waals surface area contributed by atoms with Crippen molar-refractivity contribution in [2.24, 2.45) is 16.2 Å². The monoisotopic (exact) mass is 268 g/mol. The van der Waals surface area contributed by atoms with Crippen LogP contribution in [-0.4, -0.2) is 17.0 Å². The third kappa shape index (κ3) is 2.90. The van der Waals surface area contributed by atoms with E-state index in [0.29, 0.717) is 0 Å². The Morgan fingerprint density at radius 1 is 0.947 bits per heavy atom. The van der Waals surface area contributed by atoms with Crippen molar-refractivity contribution in [2.75, 3.05) is 0 Å². The summed E-state index contributed by atoms with van der Waals surface area (Å²) < 4.78 is 5.85. The van der Waals surface area contributed by atoms with Crippen LogP contribution in [0.4, 0.5) is 0 Å². The Kier molecular flexibility index (Phi) is 3.81. The van der Waals surface area contributed by atoms with E-state index in [2.05, 4.69) is 69.2 Å². The molecule has 0 aromatic rings. The summed E-state index contributed by atoms with van der Waals surface area (Å²) in [7, 11) is 0. The maximum Gasteiger partial charge on any atom is 0.164 e. The van der Waals surface area contributed by atoms with Gasteiger partial charge in [0.1, 0.15) is 0 Å². The van der Waals surface area contributed by atoms with Crippen LogP contribution in [0.25, 0.3) is 0 Å². The summed E-state index contributed by atoms with van der Waals surface area (Å²) in [5, 5.41) is 10.3. The molecule has 0 radical (unpaired) electrons. The van der Waals surface area contributed by atoms with Crippen LogP contribution in [0.2, 0.25) is 0 Å². The van der Waals surface area contributed by atoms with E-state index in [1.54, 1.807) is 0 Å². The van der Waals surface area contributed by atoms with E-state index in [0.717, 1.165) is 0 Å². The first-order chi connectivity index (χ1) is 8.12. The van der Waals surface area contributed by atoms with E-state index in [4.69, 9.17) is 4.74 Å². The first-order valence-electron chi connectivity index (χ1n) is 7.24. The van der Waals surface area contributed by atoms with Crippen LogP contribution in [0, 0.1) is 16.2 Å². The summed E-state index contributed by atoms with van der Waals surface area (Å²) >= 11 is 0. The van der Waals surface area contributed by atoms with Crippen LogP contribution in [-0.2, 0) is 4.74 Å². The predicted octanol–water partition coefficient (Wildman–Crippen LogP) is 4.53. The molecule has 0 spiro atoms. The fourth-order valence-electron chi connectivity index (χ4n) is 3.88. The van der Waals surface area contributed by atoms with E-state index in [-0.39, 0.29) is 16.2 Å². The molecular formula is C17H32O2. The molecule has 112 valence electrons. The maximum absolute atomic E-state index is 10.3. The molecule has 1 aliphatic heterocycles. The Morgan fingerprint density at radius 2 is 1.32 bits per heavy atom. The minimum Gasteiger partial charge on any atom is -0.367 e. The molecule has 1 heterocycles. The van der Waals surface area contributed by atoms with Gasteiger partial charge < -0.3 is 9.84 Å². The lowest BCUT2D eigenvalue weighted by Crippen LogP contribution is -2.34. The second-order valence-corrected chi connectivity index (χ2v) is 8.95. The summed E-state index contributed by atoms with van der Waals surface area (Å²) in [4.78, 5) is 0. The predicted molar refractivity (Wildman–Crippen MR) is 80.9 cm³/mol. The Balaban J connectivity index is 3.70. The number of aliphatic hydroxyl groups is 1. The van der Waals surface area contributed by atoms with Crippen molar-refractivity contribution in [1.82, 2.24) is 0 Å². The van der Waals surface area contributed by atoms with Crippen LogP contribution in [0.1, 0.15) is 69.2 Å². The summed E-state index contributed by atoms with van der Waals surface area (Å²) in [6.45, 7) is 21.8. The van der Waals surface area contributed by atoms with Gasteiger partial charge in [0, 0.05) is 5.41 Å². The quantitative estimate of drug-likeness (QED) is 0.654. The highest BCUT2D eigenvalue weighted by atomic mass is 16.6. The zero-order valence-corrected chi connectivity index (χ0v) is 14.4. The third-order valence-electron chi connectivity index (χ3n) is 4.02. The number of hydrogen-bond acceptors (Lipinski definition) is 2. The molecule has 1 fully saturated rings. The van der Waals surface area contributed by atoms with E-state index in [1.807, 2.05) is 0 Å². The van der Waals surface area contributed by atoms with Gasteiger partial charge in [-0.15, -0.1) is 0 Å². The van der Waals surface area contributed by atoms with E-state index < -0.39 is 11.9 Å². The highest BCUT2D eigenvalue weighted by molar-refractivity contribution is 5.38. The van der Waals surface area contributed by atoms with Crippen molar-refractivity contribution in [3.63, 3.8) is 0 Å². The van der Waals surface area contributed by atoms with Crippen LogP contribution < -0.4 is 0 Å². The van der Waals surface area contributed by atoms with Gasteiger partial charge in [0.15, 0.2) is 6.29 Å². The topological polar surface area (TPSA) is 29.5 Å². The van der Waals surface area contributed by atoms with E-state index >= 15 is 0 Å². The summed E-state index contributed by atoms with van der Waals surface area (Å²) in [5.41, 5.74) is 1.99. The third-order valence-corrected chi connectivity index (χ3v) is 4.02. The lowest BCUT2D eigenvalue weighted by molar-refractivity contribution is -0.149. The number of hydrogen-bond donors (Lipinski definition) is 1. The zero-order chi connectivity index (χ0) is 15.4. The largest absolute Gasteiger partial charge is 0.367 e. The average Bonchev–Trinajstić information content (AvgIpc) is 2.20. The standard InChI is InChI=1S/C17H32O2/c1-14(2,3)11(15(4,5)6)12-16(7,8)13(18)19-17(12,9)10/h13,18H,1-10H3. The summed E-state index contributed by atoms with van der Waals surface area (Å²) in [6.07, 6.45) is -0.739. The molecule has 1 saturated heterocycles. The molecule has 2 nitrogen and oxygen atoms in total. The van der Waals surface area contributed by atoms with Crippen molar-refractivity contribution in [2.45, 2.75) is 81.1 Å². The second kappa shape index (κ2) is 4.33. The first kappa shape index (κ1) is 16.7. The molecule has 1 N–H and O–H groups in total. The summed E-state index contributed by atoms with van der Waals surface area (Å²) in [6, 6.07) is 0. The van der Waals surface area contributed by atoms with E-state index in [1.165, 1.54) is 11.1 Å². The molecule has 1 aliphatic rings. The van der Waals surface area contributed by atoms with Crippen molar-refractivity contribution >= 4 is 0 Å². The first-order valence-corrected chi connectivity index (χ1v) is 7.24. The highest BCUT2D eigenvalue weighted by Gasteiger charge is 2.53. The van der Waals surface area contributed by atoms with Gasteiger partial charge >= 0.3 is 0 Å². The van der Waals surface area contributed by atoms with Gasteiger partial charge in [-0.2, -0.15) is 0 Å². The molecule has 0 amide bonds. The molecule has 1 rings (SSSR count). The van der Waals surface area contributed by atoms with Gasteiger partial charge in [-0.1, -0.05) is 61.0 Å². The minimum absolute atomic E-state index is 0.0511. The van der Waals surface area contributed by atoms with Crippen LogP contribution in [0.5, 0.6) is 0 Å². The normalized spacial score (nSPS) is 26.7. The lowest BCUT2D eigenvalue weighted by atomic mass is 9.63. The fourth-order valence-corrected chi connectivity index (χ4v) is 3.88. The molecular weight excluding hydrogens is 236 g/mol. The van der Waals surface area contributed by atoms with Gasteiger partial charge in [0.25, 0.3) is 0 Å². The number of rotatable bonds is 0. The van der Waals surface area contributed by atoms with Crippen LogP contribution in [0.3, 0.4) is 0 Å². The van der Waals surface area contributed by atoms with Gasteiger partial charge in [-0.25, -0.2) is 0 Å². The van der Waals surface area contributed by atoms with Crippen LogP contribution >= 0.6 is 0 Å². The minimum atomic E-state index is -0.739. The van der Waals surface area contributed by atoms with Gasteiger partial charge in [0.05, 0.1) is 5.60 Å². The fraction of sp³-hybridized carbons (Fsp3) is 0.882. The lowest BCUT2D eigenvalue weighted by Gasteiger charge is -2.41. The number of allylic oxidation sites excluding steroid dienone is 1. The molecule has 0 aliphatic carbocycles.